The number of esters is 2. The molecule has 2 fully saturated rings. The molecule has 2 saturated heterocycles. The standard InChI is InChI=1S/C51H88O15/c1-3-5-7-9-11-13-15-17-19-21-23-25-27-29-31-33-42(53)61-36-39(64-43(54)34-32-30-28-26-24-22-20-18-16-14-12-10-8-6-4-2)37-62-50-49(60)47(58)45(56)41(66-50)38-63-51-48(59)46(57)44(55)40(35-52)65-51/h11-14,17-20,39-41,44-52,55-60H,3-10,15-16,21-38H2,1-2H3/b13-11-,14-12-,19-17-,20-18-/t39-,40+,41+,44-,45-,46-,47-,48+,49+,50+,51-/m0/s1. The highest BCUT2D eigenvalue weighted by Crippen LogP contribution is 2.26. The fourth-order valence-corrected chi connectivity index (χ4v) is 7.57. The molecular weight excluding hydrogens is 853 g/mol. The summed E-state index contributed by atoms with van der Waals surface area (Å²) in [6, 6.07) is 0. The molecule has 0 bridgehead atoms. The van der Waals surface area contributed by atoms with Crippen molar-refractivity contribution in [2.45, 2.75) is 235 Å². The van der Waals surface area contributed by atoms with E-state index < -0.39 is 99.3 Å². The van der Waals surface area contributed by atoms with E-state index >= 15 is 0 Å². The van der Waals surface area contributed by atoms with E-state index in [1.54, 1.807) is 0 Å². The summed E-state index contributed by atoms with van der Waals surface area (Å²) in [4.78, 5) is 25.7. The van der Waals surface area contributed by atoms with Crippen molar-refractivity contribution in [3.63, 3.8) is 0 Å². The molecule has 66 heavy (non-hydrogen) atoms. The van der Waals surface area contributed by atoms with Crippen molar-refractivity contribution in [2.24, 2.45) is 0 Å². The van der Waals surface area contributed by atoms with E-state index in [2.05, 4.69) is 62.5 Å². The van der Waals surface area contributed by atoms with Crippen LogP contribution in [0.5, 0.6) is 0 Å². The summed E-state index contributed by atoms with van der Waals surface area (Å²) >= 11 is 0. The normalized spacial score (nSPS) is 26.6. The highest BCUT2D eigenvalue weighted by Gasteiger charge is 2.47. The third kappa shape index (κ3) is 26.3. The Kier molecular flexibility index (Phi) is 34.6. The van der Waals surface area contributed by atoms with E-state index in [0.717, 1.165) is 89.9 Å². The van der Waals surface area contributed by atoms with E-state index in [4.69, 9.17) is 28.4 Å². The number of hydrogen-bond donors (Lipinski definition) is 7. The molecule has 7 N–H and O–H groups in total. The van der Waals surface area contributed by atoms with Crippen LogP contribution in [0.15, 0.2) is 48.6 Å². The van der Waals surface area contributed by atoms with Crippen molar-refractivity contribution in [3.05, 3.63) is 48.6 Å². The first-order chi connectivity index (χ1) is 32.0. The molecule has 15 heteroatoms. The molecule has 0 saturated carbocycles. The summed E-state index contributed by atoms with van der Waals surface area (Å²) in [7, 11) is 0. The molecule has 0 aromatic rings. The van der Waals surface area contributed by atoms with Gasteiger partial charge < -0.3 is 64.2 Å². The maximum atomic E-state index is 13.0. The lowest BCUT2D eigenvalue weighted by Gasteiger charge is -2.42. The minimum atomic E-state index is -1.77. The van der Waals surface area contributed by atoms with Gasteiger partial charge in [-0.25, -0.2) is 0 Å². The number of unbranched alkanes of at least 4 members (excludes halogenated alkanes) is 16. The fraction of sp³-hybridized carbons (Fsp3) is 0.804. The number of ether oxygens (including phenoxy) is 6. The van der Waals surface area contributed by atoms with Crippen molar-refractivity contribution in [1.29, 1.82) is 0 Å². The molecule has 0 amide bonds. The van der Waals surface area contributed by atoms with E-state index in [0.29, 0.717) is 12.8 Å². The molecule has 0 spiro atoms. The first kappa shape index (κ1) is 59.6. The predicted octanol–water partition coefficient (Wildman–Crippen LogP) is 6.71. The first-order valence-electron chi connectivity index (χ1n) is 25.2. The second-order valence-corrected chi connectivity index (χ2v) is 17.6. The van der Waals surface area contributed by atoms with E-state index in [-0.39, 0.29) is 19.4 Å². The third-order valence-electron chi connectivity index (χ3n) is 11.8. The first-order valence-corrected chi connectivity index (χ1v) is 25.2. The lowest BCUT2D eigenvalue weighted by Crippen LogP contribution is -2.61. The number of aliphatic hydroxyl groups excluding tert-OH is 7. The average Bonchev–Trinajstić information content (AvgIpc) is 3.31. The van der Waals surface area contributed by atoms with E-state index in [1.807, 2.05) is 0 Å². The van der Waals surface area contributed by atoms with Crippen LogP contribution in [0.1, 0.15) is 168 Å². The quantitative estimate of drug-likeness (QED) is 0.0194. The maximum Gasteiger partial charge on any atom is 0.306 e. The van der Waals surface area contributed by atoms with Gasteiger partial charge in [0, 0.05) is 12.8 Å². The highest BCUT2D eigenvalue weighted by atomic mass is 16.7. The minimum Gasteiger partial charge on any atom is -0.462 e. The Morgan fingerprint density at radius 2 is 0.909 bits per heavy atom. The molecule has 0 aliphatic carbocycles. The number of rotatable bonds is 38. The Bertz CT molecular complexity index is 1340. The van der Waals surface area contributed by atoms with Crippen molar-refractivity contribution in [1.82, 2.24) is 0 Å². The topological polar surface area (TPSA) is 231 Å². The van der Waals surface area contributed by atoms with Crippen LogP contribution in [-0.2, 0) is 38.0 Å². The van der Waals surface area contributed by atoms with E-state index in [1.165, 1.54) is 38.5 Å². The van der Waals surface area contributed by atoms with Gasteiger partial charge in [-0.15, -0.1) is 0 Å². The Balaban J connectivity index is 1.84. The second-order valence-electron chi connectivity index (χ2n) is 17.6. The lowest BCUT2D eigenvalue weighted by molar-refractivity contribution is -0.332. The van der Waals surface area contributed by atoms with Gasteiger partial charge in [0.05, 0.1) is 19.8 Å². The van der Waals surface area contributed by atoms with Crippen LogP contribution in [0.4, 0.5) is 0 Å². The van der Waals surface area contributed by atoms with Crippen LogP contribution in [0, 0.1) is 0 Å². The van der Waals surface area contributed by atoms with Gasteiger partial charge >= 0.3 is 11.9 Å². The van der Waals surface area contributed by atoms with Gasteiger partial charge in [0.1, 0.15) is 55.4 Å². The molecule has 0 radical (unpaired) electrons. The number of carbonyl (C=O) groups excluding carboxylic acids is 2. The molecule has 0 unspecified atom stereocenters. The van der Waals surface area contributed by atoms with Crippen LogP contribution >= 0.6 is 0 Å². The Morgan fingerprint density at radius 3 is 1.41 bits per heavy atom. The van der Waals surface area contributed by atoms with Gasteiger partial charge in [-0.1, -0.05) is 127 Å². The average molecular weight is 941 g/mol. The molecule has 2 aliphatic rings. The highest BCUT2D eigenvalue weighted by molar-refractivity contribution is 5.70. The summed E-state index contributed by atoms with van der Waals surface area (Å²) < 4.78 is 33.5. The van der Waals surface area contributed by atoms with Gasteiger partial charge in [-0.2, -0.15) is 0 Å². The molecular formula is C51H88O15. The number of hydrogen-bond acceptors (Lipinski definition) is 15. The molecule has 0 aromatic heterocycles. The Morgan fingerprint density at radius 1 is 0.485 bits per heavy atom. The zero-order chi connectivity index (χ0) is 48.2. The summed E-state index contributed by atoms with van der Waals surface area (Å²) in [6.45, 7) is 2.49. The van der Waals surface area contributed by atoms with Crippen LogP contribution in [0.2, 0.25) is 0 Å². The predicted molar refractivity (Wildman–Crippen MR) is 252 cm³/mol. The molecule has 2 rings (SSSR count). The molecule has 15 nitrogen and oxygen atoms in total. The van der Waals surface area contributed by atoms with Gasteiger partial charge in [0.25, 0.3) is 0 Å². The summed E-state index contributed by atoms with van der Waals surface area (Å²) in [5.41, 5.74) is 0. The Hall–Kier alpha value is -2.54. The molecule has 2 aliphatic heterocycles. The molecule has 0 aromatic carbocycles. The van der Waals surface area contributed by atoms with Crippen LogP contribution in [0.3, 0.4) is 0 Å². The van der Waals surface area contributed by atoms with Gasteiger partial charge in [0.15, 0.2) is 18.7 Å². The zero-order valence-corrected chi connectivity index (χ0v) is 40.2. The molecule has 382 valence electrons. The van der Waals surface area contributed by atoms with Crippen LogP contribution < -0.4 is 0 Å². The minimum absolute atomic E-state index is 0.145. The van der Waals surface area contributed by atoms with Crippen molar-refractivity contribution in [3.8, 4) is 0 Å². The number of allylic oxidation sites excluding steroid dienone is 8. The van der Waals surface area contributed by atoms with Gasteiger partial charge in [-0.3, -0.25) is 9.59 Å². The van der Waals surface area contributed by atoms with Crippen molar-refractivity contribution >= 4 is 11.9 Å². The monoisotopic (exact) mass is 941 g/mol. The van der Waals surface area contributed by atoms with E-state index in [9.17, 15) is 45.3 Å². The fourth-order valence-electron chi connectivity index (χ4n) is 7.57. The zero-order valence-electron chi connectivity index (χ0n) is 40.2. The smallest absolute Gasteiger partial charge is 0.306 e. The number of aliphatic hydroxyl groups is 7. The number of carbonyl (C=O) groups is 2. The van der Waals surface area contributed by atoms with Crippen molar-refractivity contribution < 1.29 is 73.8 Å². The maximum absolute atomic E-state index is 13.0. The van der Waals surface area contributed by atoms with Gasteiger partial charge in [0.2, 0.25) is 0 Å². The Labute approximate surface area is 395 Å². The largest absolute Gasteiger partial charge is 0.462 e. The molecule has 11 atom stereocenters. The summed E-state index contributed by atoms with van der Waals surface area (Å²) in [5, 5.41) is 72.0. The summed E-state index contributed by atoms with van der Waals surface area (Å²) in [6.07, 6.45) is 24.2. The van der Waals surface area contributed by atoms with Crippen molar-refractivity contribution in [2.75, 3.05) is 26.4 Å². The van der Waals surface area contributed by atoms with Crippen LogP contribution in [0.25, 0.3) is 0 Å². The lowest BCUT2D eigenvalue weighted by atomic mass is 9.98. The third-order valence-corrected chi connectivity index (χ3v) is 11.8. The SMILES string of the molecule is CCCCC/C=C\C/C=C\CCCCCCCC(=O)OC[C@@H](CO[C@@H]1O[C@H](CO[C@H]2O[C@H](CO)[C@H](O)[C@H](O)[C@H]2O)[C@H](O)[C@H](O)[C@H]1O)OC(=O)CCCCCCC/C=C\C/C=C\CCCCC. The second kappa shape index (κ2) is 38.3. The van der Waals surface area contributed by atoms with Crippen LogP contribution in [-0.4, -0.2) is 142 Å². The van der Waals surface area contributed by atoms with Gasteiger partial charge in [-0.05, 0) is 77.0 Å². The molecule has 2 heterocycles. The summed E-state index contributed by atoms with van der Waals surface area (Å²) in [5.74, 6) is -0.959.